The van der Waals surface area contributed by atoms with E-state index < -0.39 is 22.0 Å². The average Bonchev–Trinajstić information content (AvgIpc) is 3.68. The molecule has 1 atom stereocenters. The predicted octanol–water partition coefficient (Wildman–Crippen LogP) is 2.42. The van der Waals surface area contributed by atoms with E-state index in [0.29, 0.717) is 54.5 Å². The van der Waals surface area contributed by atoms with Crippen LogP contribution in [0.1, 0.15) is 64.5 Å². The van der Waals surface area contributed by atoms with Crippen molar-refractivity contribution in [2.24, 2.45) is 5.73 Å². The number of piperidine rings is 1. The maximum absolute atomic E-state index is 13.3. The second-order valence-corrected chi connectivity index (χ2v) is 11.7. The predicted molar refractivity (Wildman–Crippen MR) is 144 cm³/mol. The molecule has 3 aromatic rings. The Morgan fingerprint density at radius 3 is 2.49 bits per heavy atom. The number of nitrogens with two attached hydrogens (primary N) is 1. The van der Waals surface area contributed by atoms with E-state index in [0.717, 1.165) is 22.7 Å². The van der Waals surface area contributed by atoms with Gasteiger partial charge in [0.15, 0.2) is 0 Å². The molecule has 1 amide bonds. The van der Waals surface area contributed by atoms with Crippen molar-refractivity contribution < 1.29 is 22.4 Å². The Morgan fingerprint density at radius 2 is 1.87 bits per heavy atom. The summed E-state index contributed by atoms with van der Waals surface area (Å²) < 4.78 is 34.8. The van der Waals surface area contributed by atoms with Gasteiger partial charge in [0, 0.05) is 50.1 Å². The van der Waals surface area contributed by atoms with Crippen LogP contribution in [0.4, 0.5) is 5.82 Å². The molecule has 0 aliphatic carbocycles. The zero-order valence-electron chi connectivity index (χ0n) is 21.6. The molecular formula is C26H31N7O5S. The van der Waals surface area contributed by atoms with Crippen LogP contribution in [-0.4, -0.2) is 64.1 Å². The number of benzene rings is 1. The minimum Gasteiger partial charge on any atom is -0.469 e. The summed E-state index contributed by atoms with van der Waals surface area (Å²) in [6.45, 7) is 3.04. The minimum atomic E-state index is -3.82. The molecule has 2 aliphatic rings. The van der Waals surface area contributed by atoms with Crippen LogP contribution >= 0.6 is 0 Å². The maximum Gasteiger partial charge on any atom is 0.306 e. The number of furan rings is 1. The molecule has 2 saturated heterocycles. The standard InChI is InChI=1S/C26H31N7O5S/c1-17-12-21(16-38-17)26(35)33-23(29-15-18-4-6-19(7-5-18)25(27)28)14-22(30-33)20-8-11-32(24(34)13-20)39(36,37)31-9-2-3-10-31/h4-7,12,14,16,20,29H,2-3,8-11,13,15H2,1H3,(H3,27,28). The maximum atomic E-state index is 13.3. The summed E-state index contributed by atoms with van der Waals surface area (Å²) in [6.07, 6.45) is 3.34. The van der Waals surface area contributed by atoms with Crippen LogP contribution in [-0.2, 0) is 21.5 Å². The van der Waals surface area contributed by atoms with Gasteiger partial charge in [-0.05, 0) is 37.8 Å². The average molecular weight is 554 g/mol. The molecule has 2 fully saturated rings. The first-order valence-electron chi connectivity index (χ1n) is 12.8. The minimum absolute atomic E-state index is 0.0188. The topological polar surface area (TPSA) is 168 Å². The highest BCUT2D eigenvalue weighted by Gasteiger charge is 2.39. The molecule has 1 aromatic carbocycles. The fourth-order valence-corrected chi connectivity index (χ4v) is 6.59. The lowest BCUT2D eigenvalue weighted by atomic mass is 9.94. The molecule has 1 unspecified atom stereocenters. The largest absolute Gasteiger partial charge is 0.469 e. The highest BCUT2D eigenvalue weighted by molar-refractivity contribution is 7.87. The molecule has 4 N–H and O–H groups in total. The third kappa shape index (κ3) is 5.45. The number of carbonyl (C=O) groups excluding carboxylic acids is 2. The first-order valence-corrected chi connectivity index (χ1v) is 14.2. The number of amides is 1. The Kier molecular flexibility index (Phi) is 7.28. The number of nitrogens with zero attached hydrogens (tertiary/aromatic N) is 4. The molecular weight excluding hydrogens is 522 g/mol. The first kappa shape index (κ1) is 26.6. The van der Waals surface area contributed by atoms with Crippen molar-refractivity contribution in [2.45, 2.75) is 45.1 Å². The summed E-state index contributed by atoms with van der Waals surface area (Å²) in [6, 6.07) is 10.5. The van der Waals surface area contributed by atoms with Gasteiger partial charge in [0.25, 0.3) is 5.91 Å². The number of nitrogen functional groups attached to an aromatic ring is 1. The van der Waals surface area contributed by atoms with Gasteiger partial charge in [-0.15, -0.1) is 0 Å². The molecule has 5 rings (SSSR count). The van der Waals surface area contributed by atoms with Crippen LogP contribution in [0.15, 0.2) is 47.1 Å². The van der Waals surface area contributed by atoms with Crippen LogP contribution in [0.3, 0.4) is 0 Å². The van der Waals surface area contributed by atoms with E-state index in [1.165, 1.54) is 15.3 Å². The number of nitrogens with one attached hydrogen (secondary N) is 2. The Labute approximate surface area is 226 Å². The molecule has 0 spiro atoms. The fraction of sp³-hybridized carbons (Fsp3) is 0.385. The molecule has 13 heteroatoms. The molecule has 2 aliphatic heterocycles. The highest BCUT2D eigenvalue weighted by atomic mass is 32.2. The van der Waals surface area contributed by atoms with Gasteiger partial charge >= 0.3 is 10.2 Å². The first-order chi connectivity index (χ1) is 18.6. The quantitative estimate of drug-likeness (QED) is 0.282. The third-order valence-corrected chi connectivity index (χ3v) is 9.07. The van der Waals surface area contributed by atoms with Crippen molar-refractivity contribution in [2.75, 3.05) is 25.0 Å². The van der Waals surface area contributed by atoms with Crippen LogP contribution in [0.2, 0.25) is 0 Å². The van der Waals surface area contributed by atoms with E-state index in [1.807, 2.05) is 12.1 Å². The van der Waals surface area contributed by atoms with Gasteiger partial charge in [-0.25, -0.2) is 4.31 Å². The molecule has 12 nitrogen and oxygen atoms in total. The Morgan fingerprint density at radius 1 is 1.15 bits per heavy atom. The Hall–Kier alpha value is -3.97. The van der Waals surface area contributed by atoms with Gasteiger partial charge in [-0.1, -0.05) is 24.3 Å². The van der Waals surface area contributed by atoms with Crippen LogP contribution in [0, 0.1) is 12.3 Å². The van der Waals surface area contributed by atoms with Crippen molar-refractivity contribution in [1.29, 1.82) is 5.41 Å². The fourth-order valence-electron chi connectivity index (χ4n) is 4.92. The summed E-state index contributed by atoms with van der Waals surface area (Å²) in [4.78, 5) is 26.3. The second kappa shape index (κ2) is 10.7. The molecule has 39 heavy (non-hydrogen) atoms. The monoisotopic (exact) mass is 553 g/mol. The number of carbonyl (C=O) groups is 2. The van der Waals surface area contributed by atoms with Gasteiger partial charge in [-0.3, -0.25) is 15.0 Å². The Balaban J connectivity index is 1.37. The summed E-state index contributed by atoms with van der Waals surface area (Å²) in [5.41, 5.74) is 7.91. The zero-order valence-corrected chi connectivity index (χ0v) is 22.4. The number of aryl methyl sites for hydroxylation is 1. The summed E-state index contributed by atoms with van der Waals surface area (Å²) in [5.74, 6) is -0.199. The van der Waals surface area contributed by atoms with Crippen LogP contribution in [0.25, 0.3) is 0 Å². The van der Waals surface area contributed by atoms with E-state index in [2.05, 4.69) is 10.4 Å². The number of rotatable bonds is 8. The van der Waals surface area contributed by atoms with Gasteiger partial charge in [0.2, 0.25) is 5.91 Å². The Bertz CT molecular complexity index is 1500. The van der Waals surface area contributed by atoms with Crippen molar-refractivity contribution >= 4 is 33.7 Å². The van der Waals surface area contributed by atoms with E-state index in [1.54, 1.807) is 31.2 Å². The molecule has 0 radical (unpaired) electrons. The lowest BCUT2D eigenvalue weighted by molar-refractivity contribution is -0.128. The van der Waals surface area contributed by atoms with Crippen LogP contribution in [0.5, 0.6) is 0 Å². The number of hydrogen-bond acceptors (Lipinski definition) is 8. The lowest BCUT2D eigenvalue weighted by Crippen LogP contribution is -2.48. The zero-order chi connectivity index (χ0) is 27.7. The second-order valence-electron chi connectivity index (χ2n) is 9.85. The summed E-state index contributed by atoms with van der Waals surface area (Å²) >= 11 is 0. The highest BCUT2D eigenvalue weighted by Crippen LogP contribution is 2.32. The molecule has 0 bridgehead atoms. The summed E-state index contributed by atoms with van der Waals surface area (Å²) in [7, 11) is -3.82. The van der Waals surface area contributed by atoms with Crippen molar-refractivity contribution in [3.63, 3.8) is 0 Å². The molecule has 206 valence electrons. The number of anilines is 1. The van der Waals surface area contributed by atoms with Gasteiger partial charge < -0.3 is 15.5 Å². The van der Waals surface area contributed by atoms with Crippen molar-refractivity contribution in [3.8, 4) is 0 Å². The third-order valence-electron chi connectivity index (χ3n) is 7.10. The summed E-state index contributed by atoms with van der Waals surface area (Å²) in [5, 5.41) is 15.3. The van der Waals surface area contributed by atoms with Gasteiger partial charge in [-0.2, -0.15) is 22.5 Å². The van der Waals surface area contributed by atoms with Crippen molar-refractivity contribution in [3.05, 3.63) is 70.8 Å². The normalized spacial score (nSPS) is 18.4. The van der Waals surface area contributed by atoms with E-state index in [4.69, 9.17) is 15.6 Å². The van der Waals surface area contributed by atoms with E-state index in [9.17, 15) is 18.0 Å². The SMILES string of the molecule is Cc1cc(C(=O)n2nc(C3CCN(S(=O)(=O)N4CCCC4)C(=O)C3)cc2NCc2ccc(C(=N)N)cc2)co1. The van der Waals surface area contributed by atoms with E-state index >= 15 is 0 Å². The van der Waals surface area contributed by atoms with Crippen LogP contribution < -0.4 is 11.1 Å². The molecule has 0 saturated carbocycles. The smallest absolute Gasteiger partial charge is 0.306 e. The van der Waals surface area contributed by atoms with Gasteiger partial charge in [0.1, 0.15) is 23.7 Å². The lowest BCUT2D eigenvalue weighted by Gasteiger charge is -2.32. The van der Waals surface area contributed by atoms with Crippen molar-refractivity contribution in [1.82, 2.24) is 18.4 Å². The number of hydrogen-bond donors (Lipinski definition) is 3. The molecule has 2 aromatic heterocycles. The molecule has 4 heterocycles. The van der Waals surface area contributed by atoms with Gasteiger partial charge in [0.05, 0.1) is 11.3 Å². The number of aromatic nitrogens is 2. The number of amidine groups is 1. The van der Waals surface area contributed by atoms with E-state index in [-0.39, 0.29) is 24.7 Å².